The van der Waals surface area contributed by atoms with E-state index in [1.807, 2.05) is 37.3 Å². The van der Waals surface area contributed by atoms with E-state index in [1.165, 1.54) is 5.56 Å². The summed E-state index contributed by atoms with van der Waals surface area (Å²) in [6.45, 7) is 4.58. The molecule has 2 aromatic rings. The molecule has 0 amide bonds. The van der Waals surface area contributed by atoms with E-state index >= 15 is 0 Å². The summed E-state index contributed by atoms with van der Waals surface area (Å²) < 4.78 is 5.77. The van der Waals surface area contributed by atoms with E-state index in [2.05, 4.69) is 19.1 Å². The van der Waals surface area contributed by atoms with Crippen molar-refractivity contribution in [3.8, 4) is 11.8 Å². The standard InChI is InChI=1S/C16H15NO/c1-12-6-7-16(13(2)8-12)18-11-15-5-3-4-14(9-15)10-17/h3-9H,11H2,1-2H3. The van der Waals surface area contributed by atoms with Gasteiger partial charge in [-0.05, 0) is 43.2 Å². The summed E-state index contributed by atoms with van der Waals surface area (Å²) in [6, 6.07) is 15.7. The Kier molecular flexibility index (Phi) is 3.64. The third-order valence-corrected chi connectivity index (χ3v) is 2.78. The second-order valence-electron chi connectivity index (χ2n) is 4.37. The van der Waals surface area contributed by atoms with Gasteiger partial charge in [0, 0.05) is 0 Å². The number of rotatable bonds is 3. The topological polar surface area (TPSA) is 33.0 Å². The number of nitrogens with zero attached hydrogens (tertiary/aromatic N) is 1. The van der Waals surface area contributed by atoms with E-state index in [-0.39, 0.29) is 0 Å². The van der Waals surface area contributed by atoms with Gasteiger partial charge in [-0.1, -0.05) is 29.8 Å². The van der Waals surface area contributed by atoms with Crippen LogP contribution in [0.1, 0.15) is 22.3 Å². The molecule has 0 saturated carbocycles. The van der Waals surface area contributed by atoms with Gasteiger partial charge in [0.25, 0.3) is 0 Å². The zero-order chi connectivity index (χ0) is 13.0. The van der Waals surface area contributed by atoms with Crippen LogP contribution in [0.5, 0.6) is 5.75 Å². The van der Waals surface area contributed by atoms with E-state index in [0.29, 0.717) is 12.2 Å². The van der Waals surface area contributed by atoms with Gasteiger partial charge in [0.1, 0.15) is 12.4 Å². The number of hydrogen-bond acceptors (Lipinski definition) is 2. The zero-order valence-corrected chi connectivity index (χ0v) is 10.6. The second kappa shape index (κ2) is 5.37. The van der Waals surface area contributed by atoms with Gasteiger partial charge in [0.2, 0.25) is 0 Å². The molecule has 90 valence electrons. The zero-order valence-electron chi connectivity index (χ0n) is 10.6. The molecular formula is C16H15NO. The average molecular weight is 237 g/mol. The fourth-order valence-corrected chi connectivity index (χ4v) is 1.85. The van der Waals surface area contributed by atoms with Crippen LogP contribution >= 0.6 is 0 Å². The summed E-state index contributed by atoms with van der Waals surface area (Å²) in [6.07, 6.45) is 0. The van der Waals surface area contributed by atoms with Crippen LogP contribution in [0, 0.1) is 25.2 Å². The minimum Gasteiger partial charge on any atom is -0.489 e. The monoisotopic (exact) mass is 237 g/mol. The Hall–Kier alpha value is -2.27. The van der Waals surface area contributed by atoms with Crippen LogP contribution < -0.4 is 4.74 Å². The maximum atomic E-state index is 8.83. The molecule has 0 aliphatic heterocycles. The predicted octanol–water partition coefficient (Wildman–Crippen LogP) is 3.75. The molecule has 0 aliphatic rings. The fourth-order valence-electron chi connectivity index (χ4n) is 1.85. The third-order valence-electron chi connectivity index (χ3n) is 2.78. The summed E-state index contributed by atoms with van der Waals surface area (Å²) >= 11 is 0. The van der Waals surface area contributed by atoms with Gasteiger partial charge < -0.3 is 4.74 Å². The van der Waals surface area contributed by atoms with Crippen molar-refractivity contribution in [1.82, 2.24) is 0 Å². The first-order valence-electron chi connectivity index (χ1n) is 5.88. The average Bonchev–Trinajstić information content (AvgIpc) is 2.38. The van der Waals surface area contributed by atoms with Crippen molar-refractivity contribution >= 4 is 0 Å². The number of hydrogen-bond donors (Lipinski definition) is 0. The molecule has 2 rings (SSSR count). The molecular weight excluding hydrogens is 222 g/mol. The van der Waals surface area contributed by atoms with E-state index < -0.39 is 0 Å². The Morgan fingerprint density at radius 1 is 1.11 bits per heavy atom. The first-order valence-corrected chi connectivity index (χ1v) is 5.88. The van der Waals surface area contributed by atoms with Crippen molar-refractivity contribution in [2.24, 2.45) is 0 Å². The van der Waals surface area contributed by atoms with Crippen molar-refractivity contribution in [1.29, 1.82) is 5.26 Å². The van der Waals surface area contributed by atoms with Crippen molar-refractivity contribution in [3.63, 3.8) is 0 Å². The largest absolute Gasteiger partial charge is 0.489 e. The Morgan fingerprint density at radius 3 is 2.67 bits per heavy atom. The number of aryl methyl sites for hydroxylation is 2. The van der Waals surface area contributed by atoms with Crippen molar-refractivity contribution < 1.29 is 4.74 Å². The summed E-state index contributed by atoms with van der Waals surface area (Å²) in [5.41, 5.74) is 4.03. The SMILES string of the molecule is Cc1ccc(OCc2cccc(C#N)c2)c(C)c1. The first kappa shape index (κ1) is 12.2. The molecule has 0 saturated heterocycles. The highest BCUT2D eigenvalue weighted by Crippen LogP contribution is 2.20. The van der Waals surface area contributed by atoms with Crippen LogP contribution in [0.25, 0.3) is 0 Å². The lowest BCUT2D eigenvalue weighted by Crippen LogP contribution is -1.97. The quantitative estimate of drug-likeness (QED) is 0.814. The normalized spacial score (nSPS) is 9.83. The smallest absolute Gasteiger partial charge is 0.122 e. The lowest BCUT2D eigenvalue weighted by Gasteiger charge is -2.09. The summed E-state index contributed by atoms with van der Waals surface area (Å²) in [5.74, 6) is 0.892. The molecule has 0 aliphatic carbocycles. The molecule has 0 aromatic heterocycles. The highest BCUT2D eigenvalue weighted by Gasteiger charge is 2.01. The molecule has 0 unspecified atom stereocenters. The predicted molar refractivity (Wildman–Crippen MR) is 71.4 cm³/mol. The molecule has 2 aromatic carbocycles. The highest BCUT2D eigenvalue weighted by atomic mass is 16.5. The van der Waals surface area contributed by atoms with Gasteiger partial charge in [-0.15, -0.1) is 0 Å². The van der Waals surface area contributed by atoms with Crippen molar-refractivity contribution in [2.45, 2.75) is 20.5 Å². The van der Waals surface area contributed by atoms with Gasteiger partial charge >= 0.3 is 0 Å². The van der Waals surface area contributed by atoms with E-state index in [1.54, 1.807) is 6.07 Å². The van der Waals surface area contributed by atoms with E-state index in [9.17, 15) is 0 Å². The Labute approximate surface area is 107 Å². The Balaban J connectivity index is 2.09. The van der Waals surface area contributed by atoms with Crippen LogP contribution in [0.15, 0.2) is 42.5 Å². The minimum absolute atomic E-state index is 0.486. The number of benzene rings is 2. The van der Waals surface area contributed by atoms with Crippen LogP contribution in [-0.2, 0) is 6.61 Å². The minimum atomic E-state index is 0.486. The van der Waals surface area contributed by atoms with E-state index in [0.717, 1.165) is 16.9 Å². The van der Waals surface area contributed by atoms with Gasteiger partial charge in [-0.25, -0.2) is 0 Å². The first-order chi connectivity index (χ1) is 8.69. The lowest BCUT2D eigenvalue weighted by molar-refractivity contribution is 0.304. The highest BCUT2D eigenvalue weighted by molar-refractivity contribution is 5.36. The Morgan fingerprint density at radius 2 is 1.94 bits per heavy atom. The molecule has 0 bridgehead atoms. The molecule has 0 spiro atoms. The summed E-state index contributed by atoms with van der Waals surface area (Å²) in [5, 5.41) is 8.83. The molecule has 0 heterocycles. The molecule has 2 nitrogen and oxygen atoms in total. The van der Waals surface area contributed by atoms with Gasteiger partial charge in [-0.3, -0.25) is 0 Å². The molecule has 0 radical (unpaired) electrons. The fraction of sp³-hybridized carbons (Fsp3) is 0.188. The summed E-state index contributed by atoms with van der Waals surface area (Å²) in [4.78, 5) is 0. The van der Waals surface area contributed by atoms with Crippen molar-refractivity contribution in [3.05, 3.63) is 64.7 Å². The summed E-state index contributed by atoms with van der Waals surface area (Å²) in [7, 11) is 0. The number of ether oxygens (including phenoxy) is 1. The van der Waals surface area contributed by atoms with Gasteiger partial charge in [-0.2, -0.15) is 5.26 Å². The number of nitriles is 1. The van der Waals surface area contributed by atoms with Gasteiger partial charge in [0.05, 0.1) is 11.6 Å². The van der Waals surface area contributed by atoms with E-state index in [4.69, 9.17) is 10.00 Å². The van der Waals surface area contributed by atoms with Crippen LogP contribution in [0.2, 0.25) is 0 Å². The molecule has 0 N–H and O–H groups in total. The van der Waals surface area contributed by atoms with Crippen LogP contribution in [0.4, 0.5) is 0 Å². The van der Waals surface area contributed by atoms with Crippen molar-refractivity contribution in [2.75, 3.05) is 0 Å². The maximum absolute atomic E-state index is 8.83. The third kappa shape index (κ3) is 2.89. The van der Waals surface area contributed by atoms with Crippen LogP contribution in [0.3, 0.4) is 0 Å². The lowest BCUT2D eigenvalue weighted by atomic mass is 10.1. The molecule has 0 atom stereocenters. The molecule has 18 heavy (non-hydrogen) atoms. The molecule has 2 heteroatoms. The van der Waals surface area contributed by atoms with Gasteiger partial charge in [0.15, 0.2) is 0 Å². The maximum Gasteiger partial charge on any atom is 0.122 e. The van der Waals surface area contributed by atoms with Crippen LogP contribution in [-0.4, -0.2) is 0 Å². The Bertz CT molecular complexity index is 596. The molecule has 0 fully saturated rings. The second-order valence-corrected chi connectivity index (χ2v) is 4.37.